The van der Waals surface area contributed by atoms with Gasteiger partial charge in [-0.15, -0.1) is 0 Å². The van der Waals surface area contributed by atoms with Crippen molar-refractivity contribution >= 4 is 27.8 Å². The van der Waals surface area contributed by atoms with Crippen molar-refractivity contribution in [1.29, 1.82) is 0 Å². The van der Waals surface area contributed by atoms with Gasteiger partial charge in [0.25, 0.3) is 0 Å². The fraction of sp³-hybridized carbons (Fsp3) is 0.0189. The van der Waals surface area contributed by atoms with Crippen LogP contribution in [0, 0.1) is 0 Å². The Morgan fingerprint density at radius 2 is 0.836 bits per heavy atom. The van der Waals surface area contributed by atoms with E-state index in [1.165, 1.54) is 60.8 Å². The molecule has 1 heterocycles. The fourth-order valence-corrected chi connectivity index (χ4v) is 9.14. The average Bonchev–Trinajstić information content (AvgIpc) is 3.55. The summed E-state index contributed by atoms with van der Waals surface area (Å²) in [6, 6.07) is 76.7. The zero-order chi connectivity index (χ0) is 36.3. The molecule has 0 N–H and O–H groups in total. The Hall–Kier alpha value is -7.16. The predicted molar refractivity (Wildman–Crippen MR) is 227 cm³/mol. The van der Waals surface area contributed by atoms with E-state index in [9.17, 15) is 0 Å². The zero-order valence-corrected chi connectivity index (χ0v) is 30.1. The molecule has 0 atom stereocenters. The summed E-state index contributed by atoms with van der Waals surface area (Å²) in [5.74, 6) is 1.75. The molecule has 1 aliphatic carbocycles. The van der Waals surface area contributed by atoms with Crippen molar-refractivity contribution in [3.05, 3.63) is 235 Å². The smallest absolute Gasteiger partial charge is 0.134 e. The Balaban J connectivity index is 1.09. The molecule has 0 saturated heterocycles. The van der Waals surface area contributed by atoms with Gasteiger partial charge < -0.3 is 9.64 Å². The van der Waals surface area contributed by atoms with Crippen molar-refractivity contribution in [3.8, 4) is 44.9 Å². The van der Waals surface area contributed by atoms with Crippen LogP contribution < -0.4 is 9.64 Å². The summed E-state index contributed by atoms with van der Waals surface area (Å²) in [5, 5.41) is 2.49. The minimum absolute atomic E-state index is 0.502. The lowest BCUT2D eigenvalue weighted by atomic mass is 9.66. The highest BCUT2D eigenvalue weighted by Crippen LogP contribution is 2.62. The van der Waals surface area contributed by atoms with Crippen molar-refractivity contribution in [2.45, 2.75) is 5.41 Å². The van der Waals surface area contributed by atoms with Crippen LogP contribution in [0.2, 0.25) is 0 Å². The monoisotopic (exact) mass is 701 g/mol. The van der Waals surface area contributed by atoms with Crippen LogP contribution in [0.25, 0.3) is 44.2 Å². The van der Waals surface area contributed by atoms with E-state index in [2.05, 4.69) is 217 Å². The maximum absolute atomic E-state index is 6.92. The molecule has 2 heteroatoms. The number of hydrogen-bond acceptors (Lipinski definition) is 2. The summed E-state index contributed by atoms with van der Waals surface area (Å²) < 4.78 is 6.92. The number of benzene rings is 9. The predicted octanol–water partition coefficient (Wildman–Crippen LogP) is 14.1. The molecular formula is C53H35NO. The van der Waals surface area contributed by atoms with Crippen molar-refractivity contribution in [3.63, 3.8) is 0 Å². The third-order valence-electron chi connectivity index (χ3n) is 11.5. The van der Waals surface area contributed by atoms with Crippen LogP contribution in [-0.2, 0) is 5.41 Å². The summed E-state index contributed by atoms with van der Waals surface area (Å²) in [6.45, 7) is 0. The first-order chi connectivity index (χ1) is 27.3. The topological polar surface area (TPSA) is 12.5 Å². The summed E-state index contributed by atoms with van der Waals surface area (Å²) in [5.41, 5.74) is 14.9. The maximum Gasteiger partial charge on any atom is 0.134 e. The van der Waals surface area contributed by atoms with Crippen molar-refractivity contribution < 1.29 is 4.74 Å². The molecule has 0 aromatic heterocycles. The number of rotatable bonds is 5. The fourth-order valence-electron chi connectivity index (χ4n) is 9.14. The number of fused-ring (bicyclic) bond motifs is 10. The van der Waals surface area contributed by atoms with Crippen LogP contribution in [0.5, 0.6) is 11.5 Å². The Labute approximate surface area is 321 Å². The number of para-hydroxylation sites is 1. The molecule has 1 spiro atoms. The van der Waals surface area contributed by atoms with Gasteiger partial charge in [-0.1, -0.05) is 170 Å². The van der Waals surface area contributed by atoms with E-state index in [0.29, 0.717) is 0 Å². The van der Waals surface area contributed by atoms with Crippen molar-refractivity contribution in [1.82, 2.24) is 0 Å². The highest BCUT2D eigenvalue weighted by molar-refractivity contribution is 5.97. The van der Waals surface area contributed by atoms with E-state index in [4.69, 9.17) is 4.74 Å². The Morgan fingerprint density at radius 1 is 0.327 bits per heavy atom. The standard InChI is InChI=1S/C53H35NO/c1-2-13-36(14-3-1)37-25-29-40(30-26-37)54(41-31-27-39(28-32-41)44-20-12-16-38-15-4-5-17-43(38)44)42-33-34-50-52(35-42)55-51-24-11-10-23-49(51)53(50)47-21-8-6-18-45(47)46-19-7-9-22-48(46)53/h1-35H. The van der Waals surface area contributed by atoms with Crippen LogP contribution >= 0.6 is 0 Å². The normalized spacial score (nSPS) is 13.0. The maximum atomic E-state index is 6.92. The van der Waals surface area contributed by atoms with Crippen LogP contribution in [-0.4, -0.2) is 0 Å². The minimum Gasteiger partial charge on any atom is -0.457 e. The first-order valence-electron chi connectivity index (χ1n) is 18.9. The first kappa shape index (κ1) is 31.4. The van der Waals surface area contributed by atoms with E-state index in [1.54, 1.807) is 0 Å². The zero-order valence-electron chi connectivity index (χ0n) is 30.1. The van der Waals surface area contributed by atoms with Gasteiger partial charge in [-0.3, -0.25) is 0 Å². The number of ether oxygens (including phenoxy) is 1. The first-order valence-corrected chi connectivity index (χ1v) is 18.9. The Bertz CT molecular complexity index is 2840. The molecule has 1 aliphatic heterocycles. The van der Waals surface area contributed by atoms with Gasteiger partial charge in [0.2, 0.25) is 0 Å². The van der Waals surface area contributed by atoms with Gasteiger partial charge in [0.1, 0.15) is 11.5 Å². The van der Waals surface area contributed by atoms with Gasteiger partial charge in [0, 0.05) is 34.3 Å². The lowest BCUT2D eigenvalue weighted by Gasteiger charge is -2.40. The van der Waals surface area contributed by atoms with E-state index in [1.807, 2.05) is 0 Å². The highest BCUT2D eigenvalue weighted by Gasteiger charge is 2.51. The second kappa shape index (κ2) is 12.5. The van der Waals surface area contributed by atoms with Gasteiger partial charge in [0.05, 0.1) is 5.41 Å². The number of anilines is 3. The van der Waals surface area contributed by atoms with Crippen molar-refractivity contribution in [2.75, 3.05) is 4.90 Å². The van der Waals surface area contributed by atoms with Gasteiger partial charge in [-0.2, -0.15) is 0 Å². The molecule has 2 nitrogen and oxygen atoms in total. The van der Waals surface area contributed by atoms with Gasteiger partial charge >= 0.3 is 0 Å². The average molecular weight is 702 g/mol. The summed E-state index contributed by atoms with van der Waals surface area (Å²) >= 11 is 0. The third-order valence-corrected chi connectivity index (χ3v) is 11.5. The van der Waals surface area contributed by atoms with E-state index in [-0.39, 0.29) is 0 Å². The largest absolute Gasteiger partial charge is 0.457 e. The van der Waals surface area contributed by atoms with E-state index >= 15 is 0 Å². The molecule has 55 heavy (non-hydrogen) atoms. The van der Waals surface area contributed by atoms with Crippen LogP contribution in [0.1, 0.15) is 22.3 Å². The summed E-state index contributed by atoms with van der Waals surface area (Å²) in [6.07, 6.45) is 0. The van der Waals surface area contributed by atoms with E-state index < -0.39 is 5.41 Å². The molecule has 0 saturated carbocycles. The molecule has 0 amide bonds. The van der Waals surface area contributed by atoms with Crippen LogP contribution in [0.3, 0.4) is 0 Å². The van der Waals surface area contributed by atoms with Crippen LogP contribution in [0.4, 0.5) is 17.1 Å². The molecule has 0 unspecified atom stereocenters. The molecule has 0 radical (unpaired) electrons. The SMILES string of the molecule is c1ccc(-c2ccc(N(c3ccc(-c4cccc5ccccc45)cc3)c3ccc4c(c3)Oc3ccccc3C43c4ccccc4-c4ccccc43)cc2)cc1. The molecular weight excluding hydrogens is 667 g/mol. The van der Waals surface area contributed by atoms with Gasteiger partial charge in [-0.05, 0) is 91.7 Å². The minimum atomic E-state index is -0.502. The molecule has 0 fully saturated rings. The molecule has 9 aromatic rings. The van der Waals surface area contributed by atoms with Crippen molar-refractivity contribution in [2.24, 2.45) is 0 Å². The molecule has 11 rings (SSSR count). The Morgan fingerprint density at radius 3 is 1.56 bits per heavy atom. The lowest BCUT2D eigenvalue weighted by molar-refractivity contribution is 0.436. The second-order valence-corrected chi connectivity index (χ2v) is 14.4. The van der Waals surface area contributed by atoms with Crippen LogP contribution in [0.15, 0.2) is 212 Å². The van der Waals surface area contributed by atoms with E-state index in [0.717, 1.165) is 34.1 Å². The molecule has 9 aromatic carbocycles. The number of nitrogens with zero attached hydrogens (tertiary/aromatic N) is 1. The van der Waals surface area contributed by atoms with Gasteiger partial charge in [-0.25, -0.2) is 0 Å². The number of hydrogen-bond donors (Lipinski definition) is 0. The highest BCUT2D eigenvalue weighted by atomic mass is 16.5. The van der Waals surface area contributed by atoms with Gasteiger partial charge in [0.15, 0.2) is 0 Å². The summed E-state index contributed by atoms with van der Waals surface area (Å²) in [7, 11) is 0. The quantitative estimate of drug-likeness (QED) is 0.177. The Kier molecular flexibility index (Phi) is 7.11. The summed E-state index contributed by atoms with van der Waals surface area (Å²) in [4.78, 5) is 2.34. The molecule has 258 valence electrons. The molecule has 0 bridgehead atoms. The second-order valence-electron chi connectivity index (χ2n) is 14.4. The lowest BCUT2D eigenvalue weighted by Crippen LogP contribution is -2.32. The molecule has 2 aliphatic rings. The third kappa shape index (κ3) is 4.82.